The van der Waals surface area contributed by atoms with E-state index in [9.17, 15) is 4.79 Å². The summed E-state index contributed by atoms with van der Waals surface area (Å²) in [4.78, 5) is 11.9. The molecule has 0 aromatic heterocycles. The minimum absolute atomic E-state index is 0.127. The molecule has 0 radical (unpaired) electrons. The number of fused-ring (bicyclic) bond motifs is 1. The first kappa shape index (κ1) is 16.5. The van der Waals surface area contributed by atoms with Crippen LogP contribution in [0, 0.1) is 0 Å². The molecule has 0 aliphatic heterocycles. The predicted molar refractivity (Wildman–Crippen MR) is 101 cm³/mol. The molecule has 0 unspecified atom stereocenters. The number of hydrogen-bond donors (Lipinski definition) is 2. The van der Waals surface area contributed by atoms with Gasteiger partial charge in [-0.25, -0.2) is 5.43 Å². The van der Waals surface area contributed by atoms with E-state index < -0.39 is 0 Å². The van der Waals surface area contributed by atoms with Crippen LogP contribution in [0.1, 0.15) is 5.56 Å². The van der Waals surface area contributed by atoms with Crippen molar-refractivity contribution < 1.29 is 9.53 Å². The maximum absolute atomic E-state index is 11.9. The molecule has 0 saturated carbocycles. The van der Waals surface area contributed by atoms with Crippen LogP contribution in [0.25, 0.3) is 10.8 Å². The van der Waals surface area contributed by atoms with Crippen LogP contribution in [0.5, 0.6) is 5.75 Å². The van der Waals surface area contributed by atoms with Crippen LogP contribution in [-0.2, 0) is 4.79 Å². The first-order chi connectivity index (χ1) is 12.2. The van der Waals surface area contributed by atoms with E-state index in [1.54, 1.807) is 13.3 Å². The third-order valence-corrected chi connectivity index (χ3v) is 3.70. The van der Waals surface area contributed by atoms with Crippen molar-refractivity contribution in [2.24, 2.45) is 5.10 Å². The van der Waals surface area contributed by atoms with Gasteiger partial charge in [-0.3, -0.25) is 4.79 Å². The molecule has 5 heteroatoms. The molecule has 3 rings (SSSR count). The van der Waals surface area contributed by atoms with Crippen molar-refractivity contribution in [3.63, 3.8) is 0 Å². The van der Waals surface area contributed by atoms with E-state index in [1.165, 1.54) is 5.39 Å². The standard InChI is InChI=1S/C20H19N3O2/c1-25-19-8-4-7-18(12-19)21-14-20(24)23-22-13-15-9-10-16-5-2-3-6-17(16)11-15/h2-13,21H,14H2,1H3,(H,23,24)/b22-13-. The number of methoxy groups -OCH3 is 1. The van der Waals surface area contributed by atoms with E-state index in [1.807, 2.05) is 60.7 Å². The summed E-state index contributed by atoms with van der Waals surface area (Å²) in [6.45, 7) is 0.127. The second-order valence-corrected chi connectivity index (χ2v) is 5.49. The third kappa shape index (κ3) is 4.57. The zero-order valence-corrected chi connectivity index (χ0v) is 13.9. The van der Waals surface area contributed by atoms with Crippen molar-refractivity contribution in [1.82, 2.24) is 5.43 Å². The highest BCUT2D eigenvalue weighted by Gasteiger charge is 2.00. The number of hydrogen-bond acceptors (Lipinski definition) is 4. The molecule has 25 heavy (non-hydrogen) atoms. The maximum atomic E-state index is 11.9. The maximum Gasteiger partial charge on any atom is 0.259 e. The van der Waals surface area contributed by atoms with E-state index in [0.29, 0.717) is 0 Å². The van der Waals surface area contributed by atoms with Crippen molar-refractivity contribution in [3.05, 3.63) is 72.3 Å². The highest BCUT2D eigenvalue weighted by molar-refractivity contribution is 5.91. The van der Waals surface area contributed by atoms with Gasteiger partial charge in [0, 0.05) is 11.8 Å². The van der Waals surface area contributed by atoms with Gasteiger partial charge in [0.15, 0.2) is 0 Å². The summed E-state index contributed by atoms with van der Waals surface area (Å²) in [6, 6.07) is 21.5. The average molecular weight is 333 g/mol. The molecule has 5 nitrogen and oxygen atoms in total. The number of amides is 1. The summed E-state index contributed by atoms with van der Waals surface area (Å²) >= 11 is 0. The van der Waals surface area contributed by atoms with Crippen LogP contribution in [0.2, 0.25) is 0 Å². The van der Waals surface area contributed by atoms with E-state index in [0.717, 1.165) is 22.4 Å². The summed E-state index contributed by atoms with van der Waals surface area (Å²) in [5.41, 5.74) is 4.26. The fourth-order valence-electron chi connectivity index (χ4n) is 2.42. The highest BCUT2D eigenvalue weighted by Crippen LogP contribution is 2.16. The van der Waals surface area contributed by atoms with Gasteiger partial charge in [0.2, 0.25) is 0 Å². The Morgan fingerprint density at radius 3 is 2.72 bits per heavy atom. The molecule has 3 aromatic rings. The number of hydrazone groups is 1. The largest absolute Gasteiger partial charge is 0.497 e. The number of nitrogens with zero attached hydrogens (tertiary/aromatic N) is 1. The number of benzene rings is 3. The van der Waals surface area contributed by atoms with E-state index >= 15 is 0 Å². The molecule has 3 aromatic carbocycles. The Kier molecular flexibility index (Phi) is 5.26. The molecule has 0 saturated heterocycles. The quantitative estimate of drug-likeness (QED) is 0.537. The fraction of sp³-hybridized carbons (Fsp3) is 0.100. The Morgan fingerprint density at radius 1 is 1.04 bits per heavy atom. The Bertz CT molecular complexity index is 906. The summed E-state index contributed by atoms with van der Waals surface area (Å²) in [7, 11) is 1.60. The summed E-state index contributed by atoms with van der Waals surface area (Å²) in [5.74, 6) is 0.514. The lowest BCUT2D eigenvalue weighted by molar-refractivity contribution is -0.119. The molecule has 1 amide bonds. The third-order valence-electron chi connectivity index (χ3n) is 3.70. The molecule has 0 bridgehead atoms. The minimum atomic E-state index is -0.222. The van der Waals surface area contributed by atoms with Gasteiger partial charge >= 0.3 is 0 Å². The molecule has 0 heterocycles. The van der Waals surface area contributed by atoms with Crippen LogP contribution >= 0.6 is 0 Å². The van der Waals surface area contributed by atoms with Gasteiger partial charge in [-0.05, 0) is 34.5 Å². The SMILES string of the molecule is COc1cccc(NCC(=O)N/N=C\c2ccc3ccccc3c2)c1. The zero-order chi connectivity index (χ0) is 17.5. The lowest BCUT2D eigenvalue weighted by atomic mass is 10.1. The molecule has 126 valence electrons. The van der Waals surface area contributed by atoms with Gasteiger partial charge < -0.3 is 10.1 Å². The molecule has 0 fully saturated rings. The second-order valence-electron chi connectivity index (χ2n) is 5.49. The Morgan fingerprint density at radius 2 is 1.88 bits per heavy atom. The van der Waals surface area contributed by atoms with Gasteiger partial charge in [-0.15, -0.1) is 0 Å². The fourth-order valence-corrected chi connectivity index (χ4v) is 2.42. The first-order valence-electron chi connectivity index (χ1n) is 7.93. The summed E-state index contributed by atoms with van der Waals surface area (Å²) in [6.07, 6.45) is 1.63. The average Bonchev–Trinajstić information content (AvgIpc) is 2.66. The summed E-state index contributed by atoms with van der Waals surface area (Å²) in [5, 5.41) is 9.34. The van der Waals surface area contributed by atoms with Crippen LogP contribution in [0.3, 0.4) is 0 Å². The zero-order valence-electron chi connectivity index (χ0n) is 13.9. The van der Waals surface area contributed by atoms with E-state index in [4.69, 9.17) is 4.74 Å². The van der Waals surface area contributed by atoms with E-state index in [-0.39, 0.29) is 12.5 Å². The number of ether oxygens (including phenoxy) is 1. The Labute approximate surface area is 146 Å². The molecule has 0 aliphatic rings. The molecule has 0 aliphatic carbocycles. The number of rotatable bonds is 6. The topological polar surface area (TPSA) is 62.7 Å². The highest BCUT2D eigenvalue weighted by atomic mass is 16.5. The van der Waals surface area contributed by atoms with Gasteiger partial charge in [0.1, 0.15) is 5.75 Å². The van der Waals surface area contributed by atoms with Crippen molar-refractivity contribution in [3.8, 4) is 5.75 Å². The van der Waals surface area contributed by atoms with Crippen molar-refractivity contribution in [1.29, 1.82) is 0 Å². The predicted octanol–water partition coefficient (Wildman–Crippen LogP) is 3.41. The number of carbonyl (C=O) groups excluding carboxylic acids is 1. The van der Waals surface area contributed by atoms with Crippen LogP contribution in [-0.4, -0.2) is 25.8 Å². The molecule has 2 N–H and O–H groups in total. The molecular weight excluding hydrogens is 314 g/mol. The van der Waals surface area contributed by atoms with Crippen LogP contribution in [0.4, 0.5) is 5.69 Å². The van der Waals surface area contributed by atoms with Gasteiger partial charge in [0.05, 0.1) is 19.9 Å². The van der Waals surface area contributed by atoms with Gasteiger partial charge in [-0.2, -0.15) is 5.10 Å². The minimum Gasteiger partial charge on any atom is -0.497 e. The second kappa shape index (κ2) is 7.97. The molecular formula is C20H19N3O2. The Hall–Kier alpha value is -3.34. The lowest BCUT2D eigenvalue weighted by Crippen LogP contribution is -2.25. The Balaban J connectivity index is 1.53. The number of anilines is 1. The monoisotopic (exact) mass is 333 g/mol. The van der Waals surface area contributed by atoms with Gasteiger partial charge in [-0.1, -0.05) is 42.5 Å². The first-order valence-corrected chi connectivity index (χ1v) is 7.93. The van der Waals surface area contributed by atoms with Crippen molar-refractivity contribution >= 4 is 28.6 Å². The van der Waals surface area contributed by atoms with Crippen LogP contribution < -0.4 is 15.5 Å². The molecule has 0 atom stereocenters. The van der Waals surface area contributed by atoms with Gasteiger partial charge in [0.25, 0.3) is 5.91 Å². The number of nitrogens with one attached hydrogen (secondary N) is 2. The summed E-state index contributed by atoms with van der Waals surface area (Å²) < 4.78 is 5.14. The van der Waals surface area contributed by atoms with Crippen molar-refractivity contribution in [2.45, 2.75) is 0 Å². The molecule has 0 spiro atoms. The normalized spacial score (nSPS) is 10.8. The van der Waals surface area contributed by atoms with Crippen LogP contribution in [0.15, 0.2) is 71.8 Å². The number of carbonyl (C=O) groups is 1. The van der Waals surface area contributed by atoms with E-state index in [2.05, 4.69) is 21.9 Å². The van der Waals surface area contributed by atoms with Crippen molar-refractivity contribution in [2.75, 3.05) is 19.0 Å². The smallest absolute Gasteiger partial charge is 0.259 e. The lowest BCUT2D eigenvalue weighted by Gasteiger charge is -2.07.